The lowest BCUT2D eigenvalue weighted by molar-refractivity contribution is 0.619. The number of benzene rings is 1. The molecule has 0 amide bonds. The van der Waals surface area contributed by atoms with Gasteiger partial charge in [0.15, 0.2) is 5.11 Å². The summed E-state index contributed by atoms with van der Waals surface area (Å²) < 4.78 is 0. The van der Waals surface area contributed by atoms with E-state index < -0.39 is 0 Å². The highest BCUT2D eigenvalue weighted by Gasteiger charge is 2.10. The van der Waals surface area contributed by atoms with Gasteiger partial charge < -0.3 is 10.6 Å². The van der Waals surface area contributed by atoms with Gasteiger partial charge in [0.05, 0.1) is 6.04 Å². The molecule has 1 atom stereocenters. The molecule has 104 valence electrons. The average molecular weight is 276 g/mol. The van der Waals surface area contributed by atoms with Crippen molar-refractivity contribution in [2.24, 2.45) is 0 Å². The highest BCUT2D eigenvalue weighted by molar-refractivity contribution is 7.80. The lowest BCUT2D eigenvalue weighted by Crippen LogP contribution is -2.37. The van der Waals surface area contributed by atoms with Crippen molar-refractivity contribution in [3.05, 3.63) is 48.0 Å². The Morgan fingerprint density at radius 1 is 1.26 bits per heavy atom. The molecular formula is C16H24N2S. The predicted molar refractivity (Wildman–Crippen MR) is 87.5 cm³/mol. The lowest BCUT2D eigenvalue weighted by Gasteiger charge is -2.20. The van der Waals surface area contributed by atoms with Crippen LogP contribution in [0, 0.1) is 0 Å². The lowest BCUT2D eigenvalue weighted by atomic mass is 9.98. The van der Waals surface area contributed by atoms with E-state index in [1.165, 1.54) is 11.1 Å². The zero-order valence-electron chi connectivity index (χ0n) is 12.1. The zero-order valence-corrected chi connectivity index (χ0v) is 12.9. The first kappa shape index (κ1) is 15.7. The van der Waals surface area contributed by atoms with E-state index in [-0.39, 0.29) is 6.04 Å². The smallest absolute Gasteiger partial charge is 0.167 e. The Bertz CT molecular complexity index is 409. The largest absolute Gasteiger partial charge is 0.359 e. The summed E-state index contributed by atoms with van der Waals surface area (Å²) in [6.45, 7) is 10.9. The van der Waals surface area contributed by atoms with Gasteiger partial charge >= 0.3 is 0 Å². The van der Waals surface area contributed by atoms with Gasteiger partial charge in [0, 0.05) is 6.54 Å². The molecule has 0 aliphatic rings. The molecule has 0 bridgehead atoms. The maximum absolute atomic E-state index is 5.26. The Morgan fingerprint density at radius 3 is 2.32 bits per heavy atom. The Hall–Kier alpha value is -1.35. The van der Waals surface area contributed by atoms with Crippen LogP contribution in [0.5, 0.6) is 0 Å². The topological polar surface area (TPSA) is 24.1 Å². The fourth-order valence-corrected chi connectivity index (χ4v) is 2.13. The van der Waals surface area contributed by atoms with Crippen molar-refractivity contribution in [3.8, 4) is 0 Å². The Labute approximate surface area is 122 Å². The van der Waals surface area contributed by atoms with Crippen molar-refractivity contribution in [2.45, 2.75) is 39.2 Å². The molecule has 0 saturated heterocycles. The summed E-state index contributed by atoms with van der Waals surface area (Å²) in [5, 5.41) is 7.12. The summed E-state index contributed by atoms with van der Waals surface area (Å²) in [7, 11) is 0. The van der Waals surface area contributed by atoms with E-state index in [9.17, 15) is 0 Å². The Morgan fingerprint density at radius 2 is 1.84 bits per heavy atom. The van der Waals surface area contributed by atoms with Gasteiger partial charge in [-0.25, -0.2) is 0 Å². The zero-order chi connectivity index (χ0) is 14.3. The first-order valence-electron chi connectivity index (χ1n) is 6.83. The van der Waals surface area contributed by atoms with Gasteiger partial charge in [-0.3, -0.25) is 0 Å². The molecule has 0 aliphatic carbocycles. The second-order valence-electron chi connectivity index (χ2n) is 4.93. The van der Waals surface area contributed by atoms with Crippen LogP contribution in [0.2, 0.25) is 0 Å². The van der Waals surface area contributed by atoms with Gasteiger partial charge in [0.2, 0.25) is 0 Å². The third-order valence-electron chi connectivity index (χ3n) is 3.13. The van der Waals surface area contributed by atoms with E-state index in [0.29, 0.717) is 17.6 Å². The molecule has 0 fully saturated rings. The molecule has 3 heteroatoms. The van der Waals surface area contributed by atoms with Crippen molar-refractivity contribution < 1.29 is 0 Å². The molecule has 1 rings (SSSR count). The summed E-state index contributed by atoms with van der Waals surface area (Å²) in [6, 6.07) is 9.03. The average Bonchev–Trinajstić information content (AvgIpc) is 2.42. The van der Waals surface area contributed by atoms with Gasteiger partial charge in [-0.1, -0.05) is 51.1 Å². The molecule has 1 unspecified atom stereocenters. The summed E-state index contributed by atoms with van der Waals surface area (Å²) in [6.07, 6.45) is 2.79. The molecule has 0 heterocycles. The van der Waals surface area contributed by atoms with E-state index >= 15 is 0 Å². The highest BCUT2D eigenvalue weighted by atomic mass is 32.1. The molecule has 19 heavy (non-hydrogen) atoms. The van der Waals surface area contributed by atoms with Crippen LogP contribution < -0.4 is 10.6 Å². The predicted octanol–water partition coefficient (Wildman–Crippen LogP) is 3.91. The molecule has 0 aromatic heterocycles. The summed E-state index contributed by atoms with van der Waals surface area (Å²) in [4.78, 5) is 0. The van der Waals surface area contributed by atoms with Crippen molar-refractivity contribution in [1.29, 1.82) is 0 Å². The van der Waals surface area contributed by atoms with Crippen molar-refractivity contribution in [2.75, 3.05) is 6.54 Å². The van der Waals surface area contributed by atoms with Crippen LogP contribution in [-0.4, -0.2) is 11.7 Å². The second kappa shape index (κ2) is 7.95. The number of rotatable bonds is 6. The minimum Gasteiger partial charge on any atom is -0.359 e. The van der Waals surface area contributed by atoms with Gasteiger partial charge in [-0.15, -0.1) is 6.58 Å². The fourth-order valence-electron chi connectivity index (χ4n) is 1.91. The van der Waals surface area contributed by atoms with Crippen molar-refractivity contribution >= 4 is 17.3 Å². The number of nitrogens with one attached hydrogen (secondary N) is 2. The van der Waals surface area contributed by atoms with Crippen LogP contribution in [0.25, 0.3) is 0 Å². The van der Waals surface area contributed by atoms with E-state index in [4.69, 9.17) is 12.2 Å². The van der Waals surface area contributed by atoms with E-state index in [1.807, 2.05) is 0 Å². The molecule has 2 nitrogen and oxygen atoms in total. The van der Waals surface area contributed by atoms with Crippen LogP contribution in [0.3, 0.4) is 0 Å². The second-order valence-corrected chi connectivity index (χ2v) is 5.33. The standard InChI is InChI=1S/C16H24N2S/c1-5-11-17-16(19)18-15(6-2)14-9-7-13(8-10-14)12(3)4/h5,7-10,12,15H,1,6,11H2,2-4H3,(H2,17,18,19). The number of thiocarbonyl (C=S) groups is 1. The first-order valence-corrected chi connectivity index (χ1v) is 7.24. The molecule has 2 N–H and O–H groups in total. The van der Waals surface area contributed by atoms with Crippen LogP contribution in [-0.2, 0) is 0 Å². The number of hydrogen-bond acceptors (Lipinski definition) is 1. The van der Waals surface area contributed by atoms with Gasteiger partial charge in [0.1, 0.15) is 0 Å². The summed E-state index contributed by atoms with van der Waals surface area (Å²) in [5.74, 6) is 0.567. The Kier molecular flexibility index (Phi) is 6.57. The Balaban J connectivity index is 2.68. The molecule has 0 radical (unpaired) electrons. The summed E-state index contributed by atoms with van der Waals surface area (Å²) in [5.41, 5.74) is 2.64. The monoisotopic (exact) mass is 276 g/mol. The minimum absolute atomic E-state index is 0.256. The van der Waals surface area contributed by atoms with Gasteiger partial charge in [-0.05, 0) is 35.7 Å². The summed E-state index contributed by atoms with van der Waals surface area (Å²) >= 11 is 5.26. The van der Waals surface area contributed by atoms with Crippen molar-refractivity contribution in [1.82, 2.24) is 10.6 Å². The van der Waals surface area contributed by atoms with Gasteiger partial charge in [-0.2, -0.15) is 0 Å². The third-order valence-corrected chi connectivity index (χ3v) is 3.39. The van der Waals surface area contributed by atoms with Crippen LogP contribution >= 0.6 is 12.2 Å². The number of hydrogen-bond donors (Lipinski definition) is 2. The van der Waals surface area contributed by atoms with Crippen LogP contribution in [0.4, 0.5) is 0 Å². The van der Waals surface area contributed by atoms with Gasteiger partial charge in [0.25, 0.3) is 0 Å². The molecule has 0 saturated carbocycles. The first-order chi connectivity index (χ1) is 9.08. The van der Waals surface area contributed by atoms with Crippen LogP contribution in [0.1, 0.15) is 50.3 Å². The van der Waals surface area contributed by atoms with Crippen LogP contribution in [0.15, 0.2) is 36.9 Å². The normalized spacial score (nSPS) is 12.0. The maximum Gasteiger partial charge on any atom is 0.167 e. The molecule has 1 aromatic carbocycles. The minimum atomic E-state index is 0.256. The quantitative estimate of drug-likeness (QED) is 0.608. The molecule has 1 aromatic rings. The SMILES string of the molecule is C=CCNC(=S)NC(CC)c1ccc(C(C)C)cc1. The maximum atomic E-state index is 5.26. The van der Waals surface area contributed by atoms with E-state index in [1.54, 1.807) is 6.08 Å². The molecule has 0 spiro atoms. The molecule has 0 aliphatic heterocycles. The highest BCUT2D eigenvalue weighted by Crippen LogP contribution is 2.20. The van der Waals surface area contributed by atoms with Crippen molar-refractivity contribution in [3.63, 3.8) is 0 Å². The fraction of sp³-hybridized carbons (Fsp3) is 0.438. The van der Waals surface area contributed by atoms with E-state index in [0.717, 1.165) is 6.42 Å². The van der Waals surface area contributed by atoms with E-state index in [2.05, 4.69) is 62.2 Å². The third kappa shape index (κ3) is 5.03. The molecular weight excluding hydrogens is 252 g/mol.